The predicted octanol–water partition coefficient (Wildman–Crippen LogP) is 1.57. The summed E-state index contributed by atoms with van der Waals surface area (Å²) in [7, 11) is 1.68. The van der Waals surface area contributed by atoms with E-state index in [0.717, 1.165) is 18.8 Å². The maximum atomic E-state index is 9.83. The molecule has 2 N–H and O–H groups in total. The molecule has 0 aromatic carbocycles. The van der Waals surface area contributed by atoms with Crippen LogP contribution in [-0.2, 0) is 9.47 Å². The molecular weight excluding hydrogens is 230 g/mol. The van der Waals surface area contributed by atoms with E-state index >= 15 is 0 Å². The Morgan fingerprint density at radius 3 is 2.78 bits per heavy atom. The molecule has 0 amide bonds. The molecule has 0 heterocycles. The van der Waals surface area contributed by atoms with Crippen molar-refractivity contribution in [2.45, 2.75) is 57.8 Å². The normalized spacial score (nSPS) is 28.0. The van der Waals surface area contributed by atoms with E-state index in [1.165, 1.54) is 12.8 Å². The molecule has 1 saturated carbocycles. The molecule has 4 nitrogen and oxygen atoms in total. The van der Waals surface area contributed by atoms with E-state index in [0.29, 0.717) is 25.9 Å². The van der Waals surface area contributed by atoms with Crippen molar-refractivity contribution in [3.63, 3.8) is 0 Å². The predicted molar refractivity (Wildman–Crippen MR) is 72.7 cm³/mol. The number of rotatable bonds is 8. The van der Waals surface area contributed by atoms with Crippen molar-refractivity contribution in [3.8, 4) is 0 Å². The third kappa shape index (κ3) is 6.69. The minimum atomic E-state index is -0.429. The van der Waals surface area contributed by atoms with E-state index < -0.39 is 6.10 Å². The number of methoxy groups -OCH3 is 1. The van der Waals surface area contributed by atoms with Crippen LogP contribution in [0.25, 0.3) is 0 Å². The van der Waals surface area contributed by atoms with Crippen molar-refractivity contribution < 1.29 is 14.6 Å². The molecule has 0 bridgehead atoms. The monoisotopic (exact) mass is 259 g/mol. The fourth-order valence-electron chi connectivity index (χ4n) is 2.48. The molecule has 1 rings (SSSR count). The minimum absolute atomic E-state index is 0.263. The number of hydrogen-bond acceptors (Lipinski definition) is 4. The first-order chi connectivity index (χ1) is 8.61. The second kappa shape index (κ2) is 8.86. The Morgan fingerprint density at radius 2 is 2.11 bits per heavy atom. The van der Waals surface area contributed by atoms with Gasteiger partial charge in [0.15, 0.2) is 0 Å². The molecule has 4 heteroatoms. The first kappa shape index (κ1) is 15.9. The van der Waals surface area contributed by atoms with Crippen LogP contribution in [0.15, 0.2) is 0 Å². The van der Waals surface area contributed by atoms with Crippen LogP contribution in [0.5, 0.6) is 0 Å². The van der Waals surface area contributed by atoms with Crippen molar-refractivity contribution in [2.24, 2.45) is 5.92 Å². The van der Waals surface area contributed by atoms with E-state index in [9.17, 15) is 5.11 Å². The summed E-state index contributed by atoms with van der Waals surface area (Å²) in [5, 5.41) is 13.1. The fourth-order valence-corrected chi connectivity index (χ4v) is 2.48. The van der Waals surface area contributed by atoms with Crippen LogP contribution in [0.2, 0.25) is 0 Å². The van der Waals surface area contributed by atoms with Gasteiger partial charge in [0, 0.05) is 19.7 Å². The lowest BCUT2D eigenvalue weighted by molar-refractivity contribution is -0.0315. The highest BCUT2D eigenvalue weighted by Gasteiger charge is 2.20. The molecule has 1 aliphatic carbocycles. The van der Waals surface area contributed by atoms with Crippen LogP contribution in [0.3, 0.4) is 0 Å². The van der Waals surface area contributed by atoms with Gasteiger partial charge in [0.1, 0.15) is 0 Å². The van der Waals surface area contributed by atoms with Gasteiger partial charge < -0.3 is 19.9 Å². The van der Waals surface area contributed by atoms with Crippen LogP contribution >= 0.6 is 0 Å². The van der Waals surface area contributed by atoms with Crippen LogP contribution in [0, 0.1) is 5.92 Å². The standard InChI is InChI=1S/C14H29NO3/c1-11-5-4-6-14(7-11)18-10-13(16)8-15-12(2)9-17-3/h11-16H,4-10H2,1-3H3. The van der Waals surface area contributed by atoms with Crippen LogP contribution in [0.4, 0.5) is 0 Å². The van der Waals surface area contributed by atoms with E-state index in [2.05, 4.69) is 12.2 Å². The van der Waals surface area contributed by atoms with Gasteiger partial charge in [0.25, 0.3) is 0 Å². The molecule has 4 atom stereocenters. The van der Waals surface area contributed by atoms with E-state index in [1.54, 1.807) is 7.11 Å². The molecule has 1 fully saturated rings. The van der Waals surface area contributed by atoms with Crippen LogP contribution < -0.4 is 5.32 Å². The van der Waals surface area contributed by atoms with E-state index in [1.807, 2.05) is 6.92 Å². The van der Waals surface area contributed by atoms with Gasteiger partial charge in [-0.05, 0) is 25.7 Å². The van der Waals surface area contributed by atoms with Gasteiger partial charge in [-0.3, -0.25) is 0 Å². The van der Waals surface area contributed by atoms with Gasteiger partial charge in [-0.1, -0.05) is 19.8 Å². The topological polar surface area (TPSA) is 50.7 Å². The van der Waals surface area contributed by atoms with E-state index in [4.69, 9.17) is 9.47 Å². The van der Waals surface area contributed by atoms with Gasteiger partial charge in [0.2, 0.25) is 0 Å². The van der Waals surface area contributed by atoms with Gasteiger partial charge in [-0.2, -0.15) is 0 Å². The lowest BCUT2D eigenvalue weighted by atomic mass is 9.89. The summed E-state index contributed by atoms with van der Waals surface area (Å²) in [5.74, 6) is 0.765. The Balaban J connectivity index is 2.07. The van der Waals surface area contributed by atoms with Gasteiger partial charge in [-0.15, -0.1) is 0 Å². The smallest absolute Gasteiger partial charge is 0.0897 e. The van der Waals surface area contributed by atoms with Crippen molar-refractivity contribution in [1.29, 1.82) is 0 Å². The molecular formula is C14H29NO3. The average molecular weight is 259 g/mol. The lowest BCUT2D eigenvalue weighted by Crippen LogP contribution is -2.39. The number of hydrogen-bond donors (Lipinski definition) is 2. The largest absolute Gasteiger partial charge is 0.389 e. The summed E-state index contributed by atoms with van der Waals surface area (Å²) in [6.45, 7) is 5.98. The Hall–Kier alpha value is -0.160. The Morgan fingerprint density at radius 1 is 1.33 bits per heavy atom. The SMILES string of the molecule is COCC(C)NCC(O)COC1CCCC(C)C1. The average Bonchev–Trinajstić information content (AvgIpc) is 2.34. The highest BCUT2D eigenvalue weighted by atomic mass is 16.5. The first-order valence-electron chi connectivity index (χ1n) is 7.13. The molecule has 0 aromatic rings. The van der Waals surface area contributed by atoms with E-state index in [-0.39, 0.29) is 6.04 Å². The molecule has 0 aliphatic heterocycles. The highest BCUT2D eigenvalue weighted by molar-refractivity contribution is 4.72. The van der Waals surface area contributed by atoms with Crippen molar-refractivity contribution in [2.75, 3.05) is 26.9 Å². The maximum Gasteiger partial charge on any atom is 0.0897 e. The summed E-state index contributed by atoms with van der Waals surface area (Å²) in [6.07, 6.45) is 4.77. The Labute approximate surface area is 111 Å². The van der Waals surface area contributed by atoms with Crippen molar-refractivity contribution in [1.82, 2.24) is 5.32 Å². The molecule has 1 aliphatic rings. The summed E-state index contributed by atoms with van der Waals surface area (Å²) >= 11 is 0. The van der Waals surface area contributed by atoms with Crippen LogP contribution in [-0.4, -0.2) is 50.2 Å². The number of nitrogens with one attached hydrogen (secondary N) is 1. The van der Waals surface area contributed by atoms with Crippen molar-refractivity contribution >= 4 is 0 Å². The second-order valence-electron chi connectivity index (χ2n) is 5.65. The number of aliphatic hydroxyl groups excluding tert-OH is 1. The molecule has 0 spiro atoms. The fraction of sp³-hybridized carbons (Fsp3) is 1.00. The Kier molecular flexibility index (Phi) is 7.82. The molecule has 0 radical (unpaired) electrons. The number of ether oxygens (including phenoxy) is 2. The minimum Gasteiger partial charge on any atom is -0.389 e. The third-order valence-electron chi connectivity index (χ3n) is 3.53. The van der Waals surface area contributed by atoms with Gasteiger partial charge >= 0.3 is 0 Å². The summed E-state index contributed by atoms with van der Waals surface area (Å²) in [4.78, 5) is 0. The van der Waals surface area contributed by atoms with Gasteiger partial charge in [0.05, 0.1) is 25.4 Å². The summed E-state index contributed by atoms with van der Waals surface area (Å²) < 4.78 is 10.8. The lowest BCUT2D eigenvalue weighted by Gasteiger charge is -2.27. The second-order valence-corrected chi connectivity index (χ2v) is 5.65. The zero-order valence-corrected chi connectivity index (χ0v) is 12.0. The van der Waals surface area contributed by atoms with Gasteiger partial charge in [-0.25, -0.2) is 0 Å². The quantitative estimate of drug-likeness (QED) is 0.695. The molecule has 108 valence electrons. The zero-order chi connectivity index (χ0) is 13.4. The molecule has 0 aromatic heterocycles. The molecule has 4 unspecified atom stereocenters. The maximum absolute atomic E-state index is 9.83. The van der Waals surface area contributed by atoms with Crippen molar-refractivity contribution in [3.05, 3.63) is 0 Å². The first-order valence-corrected chi connectivity index (χ1v) is 7.13. The highest BCUT2D eigenvalue weighted by Crippen LogP contribution is 2.25. The third-order valence-corrected chi connectivity index (χ3v) is 3.53. The number of aliphatic hydroxyl groups is 1. The molecule has 0 saturated heterocycles. The van der Waals surface area contributed by atoms with Crippen LogP contribution in [0.1, 0.15) is 39.5 Å². The summed E-state index contributed by atoms with van der Waals surface area (Å²) in [5.41, 5.74) is 0. The summed E-state index contributed by atoms with van der Waals surface area (Å²) in [6, 6.07) is 0.263. The zero-order valence-electron chi connectivity index (χ0n) is 12.0. The Bertz CT molecular complexity index is 213. The molecule has 18 heavy (non-hydrogen) atoms.